The molecule has 0 aromatic rings. The second kappa shape index (κ2) is 9.79. The first kappa shape index (κ1) is 19.9. The fraction of sp³-hybridized carbons (Fsp3) is 0.923. The molecule has 0 saturated carbocycles. The normalized spacial score (nSPS) is 24.7. The number of amides is 1. The number of hydrogen-bond donors (Lipinski definition) is 1. The van der Waals surface area contributed by atoms with Crippen LogP contribution in [-0.4, -0.2) is 85.6 Å². The van der Waals surface area contributed by atoms with E-state index in [4.69, 9.17) is 0 Å². The van der Waals surface area contributed by atoms with Gasteiger partial charge in [0.05, 0.1) is 6.54 Å². The quantitative estimate of drug-likeness (QED) is 0.809. The van der Waals surface area contributed by atoms with Crippen molar-refractivity contribution in [3.05, 3.63) is 0 Å². The highest BCUT2D eigenvalue weighted by atomic mass is 35.5. The van der Waals surface area contributed by atoms with Crippen molar-refractivity contribution >= 4 is 30.7 Å². The predicted octanol–water partition coefficient (Wildman–Crippen LogP) is 0.288. The molecule has 20 heavy (non-hydrogen) atoms. The molecule has 0 bridgehead atoms. The monoisotopic (exact) mass is 326 g/mol. The molecular weight excluding hydrogens is 299 g/mol. The molecular formula is C13H28Cl2N4O. The molecule has 2 rings (SSSR count). The zero-order valence-corrected chi connectivity index (χ0v) is 14.1. The summed E-state index contributed by atoms with van der Waals surface area (Å²) < 4.78 is 0. The van der Waals surface area contributed by atoms with Crippen molar-refractivity contribution in [1.29, 1.82) is 0 Å². The van der Waals surface area contributed by atoms with E-state index in [1.54, 1.807) is 0 Å². The third-order valence-corrected chi connectivity index (χ3v) is 4.09. The molecule has 0 radical (unpaired) electrons. The molecule has 0 aromatic heterocycles. The van der Waals surface area contributed by atoms with Crippen LogP contribution in [0.1, 0.15) is 13.8 Å². The minimum Gasteiger partial charge on any atom is -0.336 e. The summed E-state index contributed by atoms with van der Waals surface area (Å²) in [6.45, 7) is 13.0. The summed E-state index contributed by atoms with van der Waals surface area (Å²) in [5.41, 5.74) is 0. The second-order valence-corrected chi connectivity index (χ2v) is 5.35. The molecule has 0 aromatic carbocycles. The van der Waals surface area contributed by atoms with E-state index in [2.05, 4.69) is 29.0 Å². The third kappa shape index (κ3) is 5.37. The summed E-state index contributed by atoms with van der Waals surface area (Å²) >= 11 is 0. The SMILES string of the molecule is CCN1CCN(CC(=O)N2CCNC[C@H]2C)CC1.Cl.Cl. The van der Waals surface area contributed by atoms with E-state index in [9.17, 15) is 4.79 Å². The summed E-state index contributed by atoms with van der Waals surface area (Å²) in [5.74, 6) is 0.300. The molecule has 0 aliphatic carbocycles. The maximum atomic E-state index is 12.3. The lowest BCUT2D eigenvalue weighted by Crippen LogP contribution is -2.56. The van der Waals surface area contributed by atoms with Crippen LogP contribution in [-0.2, 0) is 4.79 Å². The van der Waals surface area contributed by atoms with Crippen molar-refractivity contribution in [3.63, 3.8) is 0 Å². The minimum absolute atomic E-state index is 0. The molecule has 0 unspecified atom stereocenters. The standard InChI is InChI=1S/C13H26N4O.2ClH/c1-3-15-6-8-16(9-7-15)11-13(18)17-5-4-14-10-12(17)2;;/h12,14H,3-11H2,1-2H3;2*1H/t12-;;/m1../s1. The van der Waals surface area contributed by atoms with Gasteiger partial charge in [-0.1, -0.05) is 6.92 Å². The Kier molecular flexibility index (Phi) is 9.76. The van der Waals surface area contributed by atoms with E-state index in [1.807, 2.05) is 4.90 Å². The Labute approximate surface area is 134 Å². The van der Waals surface area contributed by atoms with Crippen LogP contribution in [0.5, 0.6) is 0 Å². The van der Waals surface area contributed by atoms with Gasteiger partial charge in [0.15, 0.2) is 0 Å². The lowest BCUT2D eigenvalue weighted by Gasteiger charge is -2.38. The van der Waals surface area contributed by atoms with Crippen molar-refractivity contribution in [1.82, 2.24) is 20.0 Å². The van der Waals surface area contributed by atoms with E-state index >= 15 is 0 Å². The molecule has 7 heteroatoms. The van der Waals surface area contributed by atoms with Crippen molar-refractivity contribution in [2.75, 3.05) is 58.9 Å². The molecule has 2 saturated heterocycles. The van der Waals surface area contributed by atoms with E-state index < -0.39 is 0 Å². The zero-order valence-electron chi connectivity index (χ0n) is 12.5. The van der Waals surface area contributed by atoms with Crippen LogP contribution in [0.15, 0.2) is 0 Å². The van der Waals surface area contributed by atoms with Gasteiger partial charge < -0.3 is 15.1 Å². The van der Waals surface area contributed by atoms with Crippen LogP contribution in [0.3, 0.4) is 0 Å². The smallest absolute Gasteiger partial charge is 0.237 e. The maximum Gasteiger partial charge on any atom is 0.237 e. The number of nitrogens with one attached hydrogen (secondary N) is 1. The first-order valence-corrected chi connectivity index (χ1v) is 7.15. The largest absolute Gasteiger partial charge is 0.336 e. The summed E-state index contributed by atoms with van der Waals surface area (Å²) in [4.78, 5) is 19.0. The van der Waals surface area contributed by atoms with Gasteiger partial charge in [-0.2, -0.15) is 0 Å². The highest BCUT2D eigenvalue weighted by molar-refractivity contribution is 5.85. The molecule has 1 N–H and O–H groups in total. The van der Waals surface area contributed by atoms with E-state index in [0.29, 0.717) is 18.5 Å². The Hall–Kier alpha value is -0.0700. The summed E-state index contributed by atoms with van der Waals surface area (Å²) in [7, 11) is 0. The number of rotatable bonds is 3. The summed E-state index contributed by atoms with van der Waals surface area (Å²) in [6, 6.07) is 0.336. The van der Waals surface area contributed by atoms with Gasteiger partial charge in [-0.15, -0.1) is 24.8 Å². The summed E-state index contributed by atoms with van der Waals surface area (Å²) in [6.07, 6.45) is 0. The molecule has 120 valence electrons. The van der Waals surface area contributed by atoms with Gasteiger partial charge in [0.1, 0.15) is 0 Å². The molecule has 5 nitrogen and oxygen atoms in total. The fourth-order valence-corrected chi connectivity index (χ4v) is 2.76. The highest BCUT2D eigenvalue weighted by Crippen LogP contribution is 2.06. The molecule has 2 heterocycles. The van der Waals surface area contributed by atoms with Crippen molar-refractivity contribution < 1.29 is 4.79 Å². The van der Waals surface area contributed by atoms with Crippen molar-refractivity contribution in [3.8, 4) is 0 Å². The van der Waals surface area contributed by atoms with Gasteiger partial charge in [-0.05, 0) is 13.5 Å². The number of likely N-dealkylation sites (N-methyl/N-ethyl adjacent to an activating group) is 1. The molecule has 2 aliphatic rings. The molecule has 0 spiro atoms. The van der Waals surface area contributed by atoms with Crippen molar-refractivity contribution in [2.45, 2.75) is 19.9 Å². The van der Waals surface area contributed by atoms with E-state index in [-0.39, 0.29) is 24.8 Å². The van der Waals surface area contributed by atoms with E-state index in [0.717, 1.165) is 52.4 Å². The number of piperazine rings is 2. The Balaban J connectivity index is 0.00000180. The average molecular weight is 327 g/mol. The average Bonchev–Trinajstić information content (AvgIpc) is 2.40. The zero-order chi connectivity index (χ0) is 13.0. The first-order valence-electron chi connectivity index (χ1n) is 7.15. The van der Waals surface area contributed by atoms with Crippen LogP contribution in [0, 0.1) is 0 Å². The van der Waals surface area contributed by atoms with Crippen LogP contribution in [0.2, 0.25) is 0 Å². The predicted molar refractivity (Wildman–Crippen MR) is 87.1 cm³/mol. The molecule has 2 aliphatic heterocycles. The number of nitrogens with zero attached hydrogens (tertiary/aromatic N) is 3. The molecule has 1 amide bonds. The minimum atomic E-state index is 0. The van der Waals surface area contributed by atoms with Gasteiger partial charge in [-0.25, -0.2) is 0 Å². The van der Waals surface area contributed by atoms with Crippen LogP contribution in [0.25, 0.3) is 0 Å². The topological polar surface area (TPSA) is 38.8 Å². The Morgan fingerprint density at radius 3 is 2.25 bits per heavy atom. The Bertz CT molecular complexity index is 286. The third-order valence-electron chi connectivity index (χ3n) is 4.09. The van der Waals surface area contributed by atoms with Crippen LogP contribution < -0.4 is 5.32 Å². The molecule has 2 fully saturated rings. The fourth-order valence-electron chi connectivity index (χ4n) is 2.76. The molecule has 1 atom stereocenters. The lowest BCUT2D eigenvalue weighted by atomic mass is 10.2. The van der Waals surface area contributed by atoms with E-state index in [1.165, 1.54) is 0 Å². The summed E-state index contributed by atoms with van der Waals surface area (Å²) in [5, 5.41) is 3.32. The van der Waals surface area contributed by atoms with Gasteiger partial charge in [0.25, 0.3) is 0 Å². The Morgan fingerprint density at radius 2 is 1.70 bits per heavy atom. The highest BCUT2D eigenvalue weighted by Gasteiger charge is 2.25. The van der Waals surface area contributed by atoms with Gasteiger partial charge in [0, 0.05) is 51.9 Å². The van der Waals surface area contributed by atoms with Gasteiger partial charge >= 0.3 is 0 Å². The second-order valence-electron chi connectivity index (χ2n) is 5.35. The number of carbonyl (C=O) groups is 1. The Morgan fingerprint density at radius 1 is 1.10 bits per heavy atom. The van der Waals surface area contributed by atoms with Gasteiger partial charge in [0.2, 0.25) is 5.91 Å². The van der Waals surface area contributed by atoms with Crippen molar-refractivity contribution in [2.24, 2.45) is 0 Å². The van der Waals surface area contributed by atoms with Gasteiger partial charge in [-0.3, -0.25) is 9.69 Å². The van der Waals surface area contributed by atoms with Crippen LogP contribution in [0.4, 0.5) is 0 Å². The first-order chi connectivity index (χ1) is 8.70. The number of carbonyl (C=O) groups excluding carboxylic acids is 1. The number of hydrogen-bond acceptors (Lipinski definition) is 4. The lowest BCUT2D eigenvalue weighted by molar-refractivity contribution is -0.135. The maximum absolute atomic E-state index is 12.3. The van der Waals surface area contributed by atoms with Crippen LogP contribution >= 0.6 is 24.8 Å². The number of halogens is 2.